The average molecular weight is 376 g/mol. The third-order valence-electron chi connectivity index (χ3n) is 4.77. The number of methoxy groups -OCH3 is 1. The highest BCUT2D eigenvalue weighted by atomic mass is 16.5. The van der Waals surface area contributed by atoms with E-state index in [0.29, 0.717) is 23.4 Å². The number of hydrogen-bond donors (Lipinski definition) is 2. The van der Waals surface area contributed by atoms with Crippen molar-refractivity contribution >= 4 is 23.2 Å². The third kappa shape index (κ3) is 3.46. The van der Waals surface area contributed by atoms with Crippen molar-refractivity contribution < 1.29 is 14.3 Å². The van der Waals surface area contributed by atoms with Gasteiger partial charge < -0.3 is 15.0 Å². The summed E-state index contributed by atoms with van der Waals surface area (Å²) in [6.07, 6.45) is 2.98. The first-order valence-electron chi connectivity index (χ1n) is 9.05. The van der Waals surface area contributed by atoms with Gasteiger partial charge >= 0.3 is 0 Å². The zero-order valence-electron chi connectivity index (χ0n) is 15.4. The first kappa shape index (κ1) is 17.8. The topological polar surface area (TPSA) is 87.3 Å². The fraction of sp³-hybridized carbons (Fsp3) is 0.190. The first-order valence-corrected chi connectivity index (χ1v) is 9.05. The smallest absolute Gasteiger partial charge is 0.259 e. The molecule has 1 saturated heterocycles. The summed E-state index contributed by atoms with van der Waals surface area (Å²) in [4.78, 5) is 26.3. The molecule has 7 heteroatoms. The highest BCUT2D eigenvalue weighted by Crippen LogP contribution is 2.26. The number of amides is 2. The predicted molar refractivity (Wildman–Crippen MR) is 107 cm³/mol. The number of rotatable bonds is 5. The molecule has 0 saturated carbocycles. The lowest BCUT2D eigenvalue weighted by Crippen LogP contribution is -2.23. The summed E-state index contributed by atoms with van der Waals surface area (Å²) in [6, 6.07) is 14.7. The molecule has 0 spiro atoms. The van der Waals surface area contributed by atoms with Crippen LogP contribution in [-0.4, -0.2) is 35.7 Å². The number of aromatic amines is 1. The maximum atomic E-state index is 12.7. The Bertz CT molecular complexity index is 993. The van der Waals surface area contributed by atoms with E-state index in [0.717, 1.165) is 30.0 Å². The zero-order chi connectivity index (χ0) is 19.5. The summed E-state index contributed by atoms with van der Waals surface area (Å²) in [5.74, 6) is 0.620. The second kappa shape index (κ2) is 7.56. The minimum atomic E-state index is -0.260. The monoisotopic (exact) mass is 376 g/mol. The molecule has 4 rings (SSSR count). The fourth-order valence-corrected chi connectivity index (χ4v) is 3.28. The van der Waals surface area contributed by atoms with Gasteiger partial charge in [0.15, 0.2) is 0 Å². The quantitative estimate of drug-likeness (QED) is 0.714. The molecule has 1 fully saturated rings. The standard InChI is InChI=1S/C21H20N4O3/c1-28-17-10-4-14(5-11-17)20-18(13-22-24-20)21(27)23-15-6-8-16(9-7-15)25-12-2-3-19(25)26/h4-11,13H,2-3,12H2,1H3,(H,22,24)(H,23,27). The van der Waals surface area contributed by atoms with Gasteiger partial charge in [-0.2, -0.15) is 5.10 Å². The molecule has 2 aromatic carbocycles. The Kier molecular flexibility index (Phi) is 4.80. The molecule has 2 amide bonds. The lowest BCUT2D eigenvalue weighted by atomic mass is 10.1. The van der Waals surface area contributed by atoms with E-state index < -0.39 is 0 Å². The van der Waals surface area contributed by atoms with Crippen LogP contribution in [-0.2, 0) is 4.79 Å². The van der Waals surface area contributed by atoms with Crippen molar-refractivity contribution in [1.29, 1.82) is 0 Å². The number of H-pyrrole nitrogens is 1. The number of carbonyl (C=O) groups excluding carboxylic acids is 2. The van der Waals surface area contributed by atoms with E-state index in [9.17, 15) is 9.59 Å². The Morgan fingerprint density at radius 2 is 1.89 bits per heavy atom. The van der Waals surface area contributed by atoms with Crippen LogP contribution in [0.5, 0.6) is 5.75 Å². The van der Waals surface area contributed by atoms with E-state index in [-0.39, 0.29) is 11.8 Å². The summed E-state index contributed by atoms with van der Waals surface area (Å²) >= 11 is 0. The van der Waals surface area contributed by atoms with Crippen LogP contribution in [0.3, 0.4) is 0 Å². The van der Waals surface area contributed by atoms with E-state index in [1.807, 2.05) is 36.4 Å². The van der Waals surface area contributed by atoms with Gasteiger partial charge in [0, 0.05) is 29.9 Å². The Balaban J connectivity index is 1.50. The van der Waals surface area contributed by atoms with Gasteiger partial charge in [0.05, 0.1) is 24.6 Å². The number of nitrogens with one attached hydrogen (secondary N) is 2. The SMILES string of the molecule is COc1ccc(-c2[nH]ncc2C(=O)Nc2ccc(N3CCCC3=O)cc2)cc1. The molecule has 0 aliphatic carbocycles. The maximum Gasteiger partial charge on any atom is 0.259 e. The number of carbonyl (C=O) groups is 2. The van der Waals surface area contributed by atoms with Gasteiger partial charge in [-0.15, -0.1) is 0 Å². The van der Waals surface area contributed by atoms with Gasteiger partial charge in [-0.25, -0.2) is 0 Å². The van der Waals surface area contributed by atoms with E-state index in [1.54, 1.807) is 24.1 Å². The Morgan fingerprint density at radius 3 is 2.54 bits per heavy atom. The van der Waals surface area contributed by atoms with Crippen molar-refractivity contribution in [2.24, 2.45) is 0 Å². The summed E-state index contributed by atoms with van der Waals surface area (Å²) in [6.45, 7) is 0.741. The average Bonchev–Trinajstić information content (AvgIpc) is 3.38. The number of aromatic nitrogens is 2. The molecular weight excluding hydrogens is 356 g/mol. The predicted octanol–water partition coefficient (Wildman–Crippen LogP) is 3.46. The van der Waals surface area contributed by atoms with Crippen LogP contribution in [0, 0.1) is 0 Å². The molecule has 142 valence electrons. The van der Waals surface area contributed by atoms with E-state index in [1.165, 1.54) is 6.20 Å². The lowest BCUT2D eigenvalue weighted by molar-refractivity contribution is -0.117. The van der Waals surface area contributed by atoms with E-state index >= 15 is 0 Å². The third-order valence-corrected chi connectivity index (χ3v) is 4.77. The van der Waals surface area contributed by atoms with E-state index in [4.69, 9.17) is 4.74 Å². The highest BCUT2D eigenvalue weighted by Gasteiger charge is 2.21. The molecule has 1 aliphatic heterocycles. The van der Waals surface area contributed by atoms with Gasteiger partial charge in [0.1, 0.15) is 5.75 Å². The largest absolute Gasteiger partial charge is 0.497 e. The van der Waals surface area contributed by atoms with Crippen LogP contribution in [0.4, 0.5) is 11.4 Å². The summed E-state index contributed by atoms with van der Waals surface area (Å²) in [5.41, 5.74) is 3.43. The summed E-state index contributed by atoms with van der Waals surface area (Å²) in [5, 5.41) is 9.78. The van der Waals surface area contributed by atoms with Crippen molar-refractivity contribution in [1.82, 2.24) is 10.2 Å². The molecule has 2 heterocycles. The van der Waals surface area contributed by atoms with Crippen molar-refractivity contribution in [3.8, 4) is 17.0 Å². The first-order chi connectivity index (χ1) is 13.7. The van der Waals surface area contributed by atoms with Crippen molar-refractivity contribution in [3.63, 3.8) is 0 Å². The number of benzene rings is 2. The molecule has 0 atom stereocenters. The van der Waals surface area contributed by atoms with Crippen molar-refractivity contribution in [2.75, 3.05) is 23.9 Å². The minimum Gasteiger partial charge on any atom is -0.497 e. The molecule has 2 N–H and O–H groups in total. The number of ether oxygens (including phenoxy) is 1. The van der Waals surface area contributed by atoms with Gasteiger partial charge in [-0.1, -0.05) is 0 Å². The van der Waals surface area contributed by atoms with Crippen LogP contribution in [0.15, 0.2) is 54.7 Å². The maximum absolute atomic E-state index is 12.7. The second-order valence-electron chi connectivity index (χ2n) is 6.54. The Hall–Kier alpha value is -3.61. The molecule has 28 heavy (non-hydrogen) atoms. The molecule has 0 bridgehead atoms. The Morgan fingerprint density at radius 1 is 1.14 bits per heavy atom. The van der Waals surface area contributed by atoms with Crippen LogP contribution in [0.25, 0.3) is 11.3 Å². The molecule has 0 unspecified atom stereocenters. The molecular formula is C21H20N4O3. The molecule has 7 nitrogen and oxygen atoms in total. The zero-order valence-corrected chi connectivity index (χ0v) is 15.4. The highest BCUT2D eigenvalue weighted by molar-refractivity contribution is 6.08. The van der Waals surface area contributed by atoms with E-state index in [2.05, 4.69) is 15.5 Å². The number of hydrogen-bond acceptors (Lipinski definition) is 4. The summed E-state index contributed by atoms with van der Waals surface area (Å²) in [7, 11) is 1.61. The van der Waals surface area contributed by atoms with Crippen LogP contribution >= 0.6 is 0 Å². The van der Waals surface area contributed by atoms with Gasteiger partial charge in [0.2, 0.25) is 5.91 Å². The van der Waals surface area contributed by atoms with Crippen molar-refractivity contribution in [3.05, 3.63) is 60.3 Å². The Labute approximate surface area is 162 Å². The van der Waals surface area contributed by atoms with Crippen LogP contribution in [0.2, 0.25) is 0 Å². The van der Waals surface area contributed by atoms with Gasteiger partial charge in [0.25, 0.3) is 5.91 Å². The lowest BCUT2D eigenvalue weighted by Gasteiger charge is -2.16. The normalized spacial score (nSPS) is 13.6. The molecule has 3 aromatic rings. The van der Waals surface area contributed by atoms with Crippen molar-refractivity contribution in [2.45, 2.75) is 12.8 Å². The summed E-state index contributed by atoms with van der Waals surface area (Å²) < 4.78 is 5.17. The molecule has 1 aromatic heterocycles. The second-order valence-corrected chi connectivity index (χ2v) is 6.54. The van der Waals surface area contributed by atoms with Gasteiger partial charge in [-0.05, 0) is 55.0 Å². The number of nitrogens with zero attached hydrogens (tertiary/aromatic N) is 2. The number of anilines is 2. The van der Waals surface area contributed by atoms with Crippen LogP contribution < -0.4 is 15.0 Å². The van der Waals surface area contributed by atoms with Gasteiger partial charge in [-0.3, -0.25) is 14.7 Å². The molecule has 0 radical (unpaired) electrons. The molecule has 1 aliphatic rings. The van der Waals surface area contributed by atoms with Crippen LogP contribution in [0.1, 0.15) is 23.2 Å². The minimum absolute atomic E-state index is 0.138. The fourth-order valence-electron chi connectivity index (χ4n) is 3.28.